The fourth-order valence-corrected chi connectivity index (χ4v) is 4.88. The molecule has 0 aliphatic carbocycles. The number of hydrogen-bond acceptors (Lipinski definition) is 1. The van der Waals surface area contributed by atoms with E-state index in [1.54, 1.807) is 0 Å². The normalized spacial score (nSPS) is 27.9. The zero-order chi connectivity index (χ0) is 14.5. The first kappa shape index (κ1) is 9.47. The SMILES string of the molecule is [2H]C([2H])([2H])C1(CCCOc2ccccc2)CCCC[Se]1. The van der Waals surface area contributed by atoms with Crippen molar-refractivity contribution in [2.24, 2.45) is 0 Å². The number of para-hydroxylation sites is 1. The van der Waals surface area contributed by atoms with Crippen LogP contribution in [-0.2, 0) is 0 Å². The molecule has 1 nitrogen and oxygen atoms in total. The van der Waals surface area contributed by atoms with Crippen molar-refractivity contribution in [3.8, 4) is 5.75 Å². The molecular weight excluding hydrogens is 275 g/mol. The molecule has 94 valence electrons. The molecule has 0 saturated carbocycles. The van der Waals surface area contributed by atoms with Crippen LogP contribution >= 0.6 is 0 Å². The maximum atomic E-state index is 7.88. The molecule has 1 saturated heterocycles. The molecule has 1 atom stereocenters. The van der Waals surface area contributed by atoms with Gasteiger partial charge in [-0.1, -0.05) is 0 Å². The quantitative estimate of drug-likeness (QED) is 0.581. The summed E-state index contributed by atoms with van der Waals surface area (Å²) >= 11 is 0.239. The van der Waals surface area contributed by atoms with Crippen LogP contribution in [0.4, 0.5) is 0 Å². The summed E-state index contributed by atoms with van der Waals surface area (Å²) in [5, 5.41) is 1.12. The molecule has 17 heavy (non-hydrogen) atoms. The van der Waals surface area contributed by atoms with Gasteiger partial charge in [0.05, 0.1) is 0 Å². The summed E-state index contributed by atoms with van der Waals surface area (Å²) in [4.78, 5) is 0. The second kappa shape index (κ2) is 6.47. The average Bonchev–Trinajstić information content (AvgIpc) is 2.45. The predicted molar refractivity (Wildman–Crippen MR) is 74.0 cm³/mol. The number of hydrogen-bond donors (Lipinski definition) is 0. The van der Waals surface area contributed by atoms with Gasteiger partial charge in [0.1, 0.15) is 0 Å². The molecule has 2 rings (SSSR count). The molecule has 1 aromatic carbocycles. The van der Waals surface area contributed by atoms with Crippen LogP contribution in [0.3, 0.4) is 0 Å². The third-order valence-corrected chi connectivity index (χ3v) is 6.14. The first-order valence-electron chi connectivity index (χ1n) is 7.85. The van der Waals surface area contributed by atoms with Gasteiger partial charge in [-0.15, -0.1) is 0 Å². The van der Waals surface area contributed by atoms with E-state index in [-0.39, 0.29) is 15.0 Å². The first-order chi connectivity index (χ1) is 9.54. The molecule has 0 bridgehead atoms. The van der Waals surface area contributed by atoms with Crippen molar-refractivity contribution in [3.05, 3.63) is 30.3 Å². The van der Waals surface area contributed by atoms with Crippen molar-refractivity contribution in [1.29, 1.82) is 0 Å². The third kappa shape index (κ3) is 4.37. The van der Waals surface area contributed by atoms with Gasteiger partial charge in [-0.25, -0.2) is 0 Å². The summed E-state index contributed by atoms with van der Waals surface area (Å²) in [6, 6.07) is 9.72. The van der Waals surface area contributed by atoms with Crippen LogP contribution in [0.2, 0.25) is 9.63 Å². The van der Waals surface area contributed by atoms with E-state index in [0.717, 1.165) is 36.8 Å². The summed E-state index contributed by atoms with van der Waals surface area (Å²) in [7, 11) is 0. The molecule has 1 aromatic rings. The summed E-state index contributed by atoms with van der Waals surface area (Å²) in [6.07, 6.45) is 4.75. The summed E-state index contributed by atoms with van der Waals surface area (Å²) in [6.45, 7) is -1.20. The van der Waals surface area contributed by atoms with Crippen molar-refractivity contribution in [2.75, 3.05) is 6.61 Å². The van der Waals surface area contributed by atoms with E-state index in [1.807, 2.05) is 30.3 Å². The minimum atomic E-state index is -1.81. The Bertz CT molecular complexity index is 399. The Kier molecular flexibility index (Phi) is 3.60. The Labute approximate surface area is 115 Å². The molecule has 0 amide bonds. The molecule has 0 N–H and O–H groups in total. The topological polar surface area (TPSA) is 9.23 Å². The Balaban J connectivity index is 1.84. The van der Waals surface area contributed by atoms with Crippen LogP contribution in [0.5, 0.6) is 5.75 Å². The van der Waals surface area contributed by atoms with Crippen molar-refractivity contribution in [1.82, 2.24) is 0 Å². The van der Waals surface area contributed by atoms with Crippen molar-refractivity contribution >= 4 is 15.0 Å². The Morgan fingerprint density at radius 1 is 1.35 bits per heavy atom. The number of benzene rings is 1. The minimum absolute atomic E-state index is 0.239. The average molecular weight is 300 g/mol. The van der Waals surface area contributed by atoms with E-state index < -0.39 is 11.2 Å². The summed E-state index contributed by atoms with van der Waals surface area (Å²) in [5.41, 5.74) is 0. The molecule has 0 aromatic heterocycles. The van der Waals surface area contributed by atoms with Gasteiger partial charge in [0.15, 0.2) is 0 Å². The van der Waals surface area contributed by atoms with Gasteiger partial charge in [-0.05, 0) is 0 Å². The number of rotatable bonds is 5. The van der Waals surface area contributed by atoms with Gasteiger partial charge in [-0.3, -0.25) is 0 Å². The van der Waals surface area contributed by atoms with E-state index in [1.165, 1.54) is 6.42 Å². The predicted octanol–water partition coefficient (Wildman–Crippen LogP) is 4.33. The molecule has 1 unspecified atom stereocenters. The van der Waals surface area contributed by atoms with Gasteiger partial charge in [-0.2, -0.15) is 0 Å². The second-order valence-electron chi connectivity index (χ2n) is 4.56. The van der Waals surface area contributed by atoms with Crippen LogP contribution in [0.15, 0.2) is 30.3 Å². The second-order valence-corrected chi connectivity index (χ2v) is 7.67. The monoisotopic (exact) mass is 301 g/mol. The van der Waals surface area contributed by atoms with Crippen LogP contribution < -0.4 is 4.74 Å². The van der Waals surface area contributed by atoms with E-state index >= 15 is 0 Å². The Hall–Kier alpha value is -0.461. The van der Waals surface area contributed by atoms with Crippen LogP contribution in [0, 0.1) is 0 Å². The zero-order valence-electron chi connectivity index (χ0n) is 13.2. The fraction of sp³-hybridized carbons (Fsp3) is 0.600. The zero-order valence-corrected chi connectivity index (χ0v) is 11.9. The van der Waals surface area contributed by atoms with Gasteiger partial charge in [0.25, 0.3) is 0 Å². The van der Waals surface area contributed by atoms with Gasteiger partial charge < -0.3 is 0 Å². The van der Waals surface area contributed by atoms with Gasteiger partial charge in [0.2, 0.25) is 0 Å². The first-order valence-corrected chi connectivity index (χ1v) is 8.42. The molecule has 1 aliphatic heterocycles. The Morgan fingerprint density at radius 3 is 2.94 bits per heavy atom. The molecular formula is C15H22OSe. The van der Waals surface area contributed by atoms with Crippen molar-refractivity contribution in [2.45, 2.75) is 48.6 Å². The standard InChI is InChI=1S/C15H22OSe/c1-15(10-5-6-13-17-15)11-7-12-16-14-8-3-2-4-9-14/h2-4,8-9H,5-7,10-13H2,1H3/i1D3. The fourth-order valence-electron chi connectivity index (χ4n) is 2.11. The van der Waals surface area contributed by atoms with Crippen LogP contribution in [-0.4, -0.2) is 21.6 Å². The van der Waals surface area contributed by atoms with Crippen LogP contribution in [0.1, 0.15) is 43.1 Å². The van der Waals surface area contributed by atoms with Gasteiger partial charge >= 0.3 is 115 Å². The van der Waals surface area contributed by atoms with E-state index in [2.05, 4.69) is 0 Å². The molecule has 1 heterocycles. The van der Waals surface area contributed by atoms with Crippen molar-refractivity contribution in [3.63, 3.8) is 0 Å². The van der Waals surface area contributed by atoms with E-state index in [4.69, 9.17) is 8.85 Å². The molecule has 1 fully saturated rings. The maximum absolute atomic E-state index is 7.88. The molecule has 0 radical (unpaired) electrons. The number of ether oxygens (including phenoxy) is 1. The molecule has 0 spiro atoms. The summed E-state index contributed by atoms with van der Waals surface area (Å²) < 4.78 is 28.9. The van der Waals surface area contributed by atoms with Gasteiger partial charge in [0, 0.05) is 0 Å². The van der Waals surface area contributed by atoms with E-state index in [0.29, 0.717) is 6.61 Å². The molecule has 2 heteroatoms. The third-order valence-electron chi connectivity index (χ3n) is 3.09. The summed E-state index contributed by atoms with van der Waals surface area (Å²) in [5.74, 6) is 0.865. The van der Waals surface area contributed by atoms with Crippen molar-refractivity contribution < 1.29 is 8.85 Å². The Morgan fingerprint density at radius 2 is 2.24 bits per heavy atom. The molecule has 1 aliphatic rings. The van der Waals surface area contributed by atoms with Crippen LogP contribution in [0.25, 0.3) is 0 Å². The van der Waals surface area contributed by atoms with E-state index in [9.17, 15) is 0 Å².